The fourth-order valence-electron chi connectivity index (χ4n) is 1.45. The van der Waals surface area contributed by atoms with Crippen LogP contribution in [0.4, 0.5) is 0 Å². The Morgan fingerprint density at radius 1 is 1.12 bits per heavy atom. The van der Waals surface area contributed by atoms with Gasteiger partial charge in [-0.15, -0.1) is 0 Å². The highest BCUT2D eigenvalue weighted by Crippen LogP contribution is 1.97. The van der Waals surface area contributed by atoms with Crippen LogP contribution in [0.3, 0.4) is 0 Å². The monoisotopic (exact) mass is 264 g/mol. The quantitative estimate of drug-likeness (QED) is 0.601. The van der Waals surface area contributed by atoms with Gasteiger partial charge in [-0.05, 0) is 59.8 Å². The molecule has 0 aromatic heterocycles. The largest absolute Gasteiger partial charge is 0.317 e. The van der Waals surface area contributed by atoms with Gasteiger partial charge in [0.05, 0.1) is 5.75 Å². The molecular weight excluding hydrogens is 236 g/mol. The summed E-state index contributed by atoms with van der Waals surface area (Å²) in [4.78, 5) is 2.34. The molecule has 17 heavy (non-hydrogen) atoms. The molecule has 0 aromatic rings. The average molecular weight is 264 g/mol. The molecule has 0 bridgehead atoms. The van der Waals surface area contributed by atoms with Crippen molar-refractivity contribution in [1.29, 1.82) is 0 Å². The second-order valence-electron chi connectivity index (χ2n) is 5.01. The van der Waals surface area contributed by atoms with Crippen molar-refractivity contribution in [1.82, 2.24) is 10.2 Å². The SMILES string of the molecule is CC(C)N(C)CCCCNCCCS(C)(=O)=O. The third kappa shape index (κ3) is 12.1. The highest BCUT2D eigenvalue weighted by Gasteiger charge is 2.02. The van der Waals surface area contributed by atoms with Gasteiger partial charge in [-0.3, -0.25) is 0 Å². The van der Waals surface area contributed by atoms with Crippen molar-refractivity contribution in [2.75, 3.05) is 38.7 Å². The molecule has 0 atom stereocenters. The molecule has 0 fully saturated rings. The predicted molar refractivity (Wildman–Crippen MR) is 74.2 cm³/mol. The van der Waals surface area contributed by atoms with Gasteiger partial charge in [0.25, 0.3) is 0 Å². The number of nitrogens with one attached hydrogen (secondary N) is 1. The lowest BCUT2D eigenvalue weighted by Gasteiger charge is -2.20. The molecule has 0 aromatic carbocycles. The summed E-state index contributed by atoms with van der Waals surface area (Å²) in [5.74, 6) is 0.288. The number of sulfone groups is 1. The molecule has 0 rings (SSSR count). The molecule has 0 unspecified atom stereocenters. The molecule has 0 radical (unpaired) electrons. The van der Waals surface area contributed by atoms with Gasteiger partial charge in [0.15, 0.2) is 0 Å². The van der Waals surface area contributed by atoms with E-state index in [1.807, 2.05) is 0 Å². The Kier molecular flexibility index (Phi) is 8.82. The Balaban J connectivity index is 3.25. The van der Waals surface area contributed by atoms with Crippen LogP contribution in [0.2, 0.25) is 0 Å². The zero-order chi connectivity index (χ0) is 13.3. The Bertz CT molecular complexity index is 276. The Labute approximate surface area is 107 Å². The number of hydrogen-bond donors (Lipinski definition) is 1. The van der Waals surface area contributed by atoms with Crippen LogP contribution in [0.15, 0.2) is 0 Å². The van der Waals surface area contributed by atoms with Crippen molar-refractivity contribution in [3.05, 3.63) is 0 Å². The van der Waals surface area contributed by atoms with Crippen LogP contribution >= 0.6 is 0 Å². The van der Waals surface area contributed by atoms with Crippen molar-refractivity contribution < 1.29 is 8.42 Å². The van der Waals surface area contributed by atoms with Crippen molar-refractivity contribution >= 4 is 9.84 Å². The first kappa shape index (κ1) is 16.9. The van der Waals surface area contributed by atoms with Gasteiger partial charge in [0.1, 0.15) is 9.84 Å². The van der Waals surface area contributed by atoms with Crippen LogP contribution in [0.25, 0.3) is 0 Å². The van der Waals surface area contributed by atoms with Crippen molar-refractivity contribution in [3.8, 4) is 0 Å². The molecule has 0 saturated heterocycles. The van der Waals surface area contributed by atoms with Gasteiger partial charge in [-0.2, -0.15) is 0 Å². The highest BCUT2D eigenvalue weighted by molar-refractivity contribution is 7.90. The summed E-state index contributed by atoms with van der Waals surface area (Å²) in [6, 6.07) is 0.609. The normalized spacial score (nSPS) is 12.6. The molecule has 5 heteroatoms. The van der Waals surface area contributed by atoms with E-state index in [0.717, 1.165) is 26.1 Å². The van der Waals surface area contributed by atoms with E-state index in [4.69, 9.17) is 0 Å². The van der Waals surface area contributed by atoms with Crippen LogP contribution in [0, 0.1) is 0 Å². The maximum absolute atomic E-state index is 10.9. The second-order valence-corrected chi connectivity index (χ2v) is 7.27. The van der Waals surface area contributed by atoms with Crippen LogP contribution in [0.5, 0.6) is 0 Å². The molecule has 0 aliphatic heterocycles. The smallest absolute Gasteiger partial charge is 0.147 e. The topological polar surface area (TPSA) is 49.4 Å². The summed E-state index contributed by atoms with van der Waals surface area (Å²) >= 11 is 0. The maximum atomic E-state index is 10.9. The van der Waals surface area contributed by atoms with Crippen LogP contribution in [-0.2, 0) is 9.84 Å². The van der Waals surface area contributed by atoms with Gasteiger partial charge >= 0.3 is 0 Å². The maximum Gasteiger partial charge on any atom is 0.147 e. The molecule has 0 spiro atoms. The summed E-state index contributed by atoms with van der Waals surface area (Å²) in [6.45, 7) is 7.30. The first-order valence-electron chi connectivity index (χ1n) is 6.41. The molecular formula is C12H28N2O2S. The van der Waals surface area contributed by atoms with Crippen LogP contribution in [-0.4, -0.2) is 58.1 Å². The van der Waals surface area contributed by atoms with E-state index in [0.29, 0.717) is 12.5 Å². The lowest BCUT2D eigenvalue weighted by atomic mass is 10.2. The standard InChI is InChI=1S/C12H28N2O2S/c1-12(2)14(3)10-6-5-8-13-9-7-11-17(4,15)16/h12-13H,5-11H2,1-4H3. The average Bonchev–Trinajstić information content (AvgIpc) is 2.19. The lowest BCUT2D eigenvalue weighted by Crippen LogP contribution is -2.28. The molecule has 0 heterocycles. The van der Waals surface area contributed by atoms with Crippen molar-refractivity contribution in [2.45, 2.75) is 39.2 Å². The summed E-state index contributed by atoms with van der Waals surface area (Å²) in [5, 5.41) is 3.28. The van der Waals surface area contributed by atoms with Gasteiger partial charge in [0, 0.05) is 12.3 Å². The Hall–Kier alpha value is -0.130. The van der Waals surface area contributed by atoms with Gasteiger partial charge in [-0.25, -0.2) is 8.42 Å². The number of hydrogen-bond acceptors (Lipinski definition) is 4. The molecule has 0 aliphatic rings. The van der Waals surface area contributed by atoms with Crippen LogP contribution in [0.1, 0.15) is 33.1 Å². The fraction of sp³-hybridized carbons (Fsp3) is 1.00. The Morgan fingerprint density at radius 2 is 1.71 bits per heavy atom. The second kappa shape index (κ2) is 8.89. The number of nitrogens with zero attached hydrogens (tertiary/aromatic N) is 1. The summed E-state index contributed by atoms with van der Waals surface area (Å²) in [5.41, 5.74) is 0. The van der Waals surface area contributed by atoms with E-state index in [9.17, 15) is 8.42 Å². The summed E-state index contributed by atoms with van der Waals surface area (Å²) < 4.78 is 21.7. The van der Waals surface area contributed by atoms with Gasteiger partial charge in [-0.1, -0.05) is 0 Å². The first-order chi connectivity index (χ1) is 7.83. The van der Waals surface area contributed by atoms with E-state index in [-0.39, 0.29) is 5.75 Å². The minimum Gasteiger partial charge on any atom is -0.317 e. The first-order valence-corrected chi connectivity index (χ1v) is 8.47. The van der Waals surface area contributed by atoms with Gasteiger partial charge < -0.3 is 10.2 Å². The number of unbranched alkanes of at least 4 members (excludes halogenated alkanes) is 1. The third-order valence-corrected chi connectivity index (χ3v) is 3.89. The van der Waals surface area contributed by atoms with Crippen LogP contribution < -0.4 is 5.32 Å². The third-order valence-electron chi connectivity index (χ3n) is 2.86. The molecule has 0 amide bonds. The molecule has 4 nitrogen and oxygen atoms in total. The molecule has 1 N–H and O–H groups in total. The zero-order valence-corrected chi connectivity index (χ0v) is 12.5. The predicted octanol–water partition coefficient (Wildman–Crippen LogP) is 1.13. The van der Waals surface area contributed by atoms with E-state index < -0.39 is 9.84 Å². The van der Waals surface area contributed by atoms with Crippen molar-refractivity contribution in [2.24, 2.45) is 0 Å². The van der Waals surface area contributed by atoms with Gasteiger partial charge in [0.2, 0.25) is 0 Å². The lowest BCUT2D eigenvalue weighted by molar-refractivity contribution is 0.268. The molecule has 0 aliphatic carbocycles. The van der Waals surface area contributed by atoms with E-state index in [1.54, 1.807) is 0 Å². The minimum atomic E-state index is -2.79. The van der Waals surface area contributed by atoms with E-state index >= 15 is 0 Å². The molecule has 0 saturated carbocycles. The summed E-state index contributed by atoms with van der Waals surface area (Å²) in [7, 11) is -0.646. The molecule has 104 valence electrons. The van der Waals surface area contributed by atoms with Crippen molar-refractivity contribution in [3.63, 3.8) is 0 Å². The summed E-state index contributed by atoms with van der Waals surface area (Å²) in [6.07, 6.45) is 4.34. The highest BCUT2D eigenvalue weighted by atomic mass is 32.2. The fourth-order valence-corrected chi connectivity index (χ4v) is 2.12. The minimum absolute atomic E-state index is 0.288. The van der Waals surface area contributed by atoms with E-state index in [2.05, 4.69) is 31.1 Å². The number of rotatable bonds is 10. The zero-order valence-electron chi connectivity index (χ0n) is 11.7. The Morgan fingerprint density at radius 3 is 2.24 bits per heavy atom. The van der Waals surface area contributed by atoms with E-state index in [1.165, 1.54) is 12.7 Å².